The van der Waals surface area contributed by atoms with Crippen molar-refractivity contribution < 1.29 is 4.79 Å². The van der Waals surface area contributed by atoms with E-state index in [1.807, 2.05) is 11.9 Å². The topological polar surface area (TPSA) is 58.4 Å². The summed E-state index contributed by atoms with van der Waals surface area (Å²) in [4.78, 5) is 13.7. The molecule has 2 unspecified atom stereocenters. The molecule has 0 aromatic rings. The van der Waals surface area contributed by atoms with Gasteiger partial charge in [-0.05, 0) is 31.7 Å². The Balaban J connectivity index is 2.37. The summed E-state index contributed by atoms with van der Waals surface area (Å²) in [5.74, 6) is 0.488. The van der Waals surface area contributed by atoms with Crippen molar-refractivity contribution in [3.05, 3.63) is 0 Å². The second-order valence-electron chi connectivity index (χ2n) is 4.69. The third-order valence-corrected chi connectivity index (χ3v) is 3.55. The average Bonchev–Trinajstić information content (AvgIpc) is 2.76. The number of nitrogens with one attached hydrogen (secondary N) is 1. The lowest BCUT2D eigenvalue weighted by Gasteiger charge is -2.29. The Morgan fingerprint density at radius 3 is 2.88 bits per heavy atom. The number of amides is 2. The molecular weight excluding hydrogens is 202 g/mol. The number of nitrogens with two attached hydrogens (primary N) is 1. The summed E-state index contributed by atoms with van der Waals surface area (Å²) in [6, 6.07) is 0.394. The van der Waals surface area contributed by atoms with E-state index < -0.39 is 0 Å². The van der Waals surface area contributed by atoms with Crippen molar-refractivity contribution in [3.8, 4) is 0 Å². The fourth-order valence-electron chi connectivity index (χ4n) is 2.45. The van der Waals surface area contributed by atoms with E-state index >= 15 is 0 Å². The third-order valence-electron chi connectivity index (χ3n) is 3.55. The number of unbranched alkanes of at least 4 members (excludes halogenated alkanes) is 1. The Hall–Kier alpha value is -0.770. The van der Waals surface area contributed by atoms with Gasteiger partial charge in [0.15, 0.2) is 0 Å². The van der Waals surface area contributed by atoms with Gasteiger partial charge in [-0.1, -0.05) is 19.8 Å². The highest BCUT2D eigenvalue weighted by atomic mass is 16.2. The Morgan fingerprint density at radius 2 is 2.25 bits per heavy atom. The number of hydrogen-bond donors (Lipinski definition) is 2. The number of hydrogen-bond acceptors (Lipinski definition) is 2. The van der Waals surface area contributed by atoms with Crippen molar-refractivity contribution >= 4 is 6.03 Å². The second kappa shape index (κ2) is 6.74. The van der Waals surface area contributed by atoms with Crippen molar-refractivity contribution in [1.82, 2.24) is 10.2 Å². The zero-order valence-electron chi connectivity index (χ0n) is 10.5. The molecule has 1 rings (SSSR count). The van der Waals surface area contributed by atoms with E-state index in [-0.39, 0.29) is 6.03 Å². The number of nitrogens with zero attached hydrogens (tertiary/aromatic N) is 1. The zero-order chi connectivity index (χ0) is 12.0. The van der Waals surface area contributed by atoms with Crippen molar-refractivity contribution in [2.24, 2.45) is 11.7 Å². The molecule has 94 valence electrons. The molecule has 2 atom stereocenters. The van der Waals surface area contributed by atoms with Gasteiger partial charge in [0.1, 0.15) is 0 Å². The Morgan fingerprint density at radius 1 is 1.50 bits per heavy atom. The van der Waals surface area contributed by atoms with Gasteiger partial charge in [-0.15, -0.1) is 0 Å². The number of carbonyl (C=O) groups excluding carboxylic acids is 1. The molecule has 0 aromatic heterocycles. The summed E-state index contributed by atoms with van der Waals surface area (Å²) in [5.41, 5.74) is 5.73. The quantitative estimate of drug-likeness (QED) is 0.700. The largest absolute Gasteiger partial charge is 0.338 e. The van der Waals surface area contributed by atoms with Crippen LogP contribution in [0.1, 0.15) is 39.0 Å². The lowest BCUT2D eigenvalue weighted by molar-refractivity contribution is 0.177. The van der Waals surface area contributed by atoms with Gasteiger partial charge < -0.3 is 16.0 Å². The molecule has 1 saturated carbocycles. The summed E-state index contributed by atoms with van der Waals surface area (Å²) >= 11 is 0. The molecule has 0 spiro atoms. The average molecular weight is 227 g/mol. The molecule has 4 heteroatoms. The summed E-state index contributed by atoms with van der Waals surface area (Å²) < 4.78 is 0. The highest BCUT2D eigenvalue weighted by Crippen LogP contribution is 2.28. The molecule has 4 nitrogen and oxygen atoms in total. The predicted octanol–water partition coefficient (Wildman–Crippen LogP) is 1.56. The monoisotopic (exact) mass is 227 g/mol. The molecular formula is C12H25N3O. The number of rotatable bonds is 5. The van der Waals surface area contributed by atoms with Gasteiger partial charge in [0.25, 0.3) is 0 Å². The van der Waals surface area contributed by atoms with E-state index in [0.717, 1.165) is 32.2 Å². The predicted molar refractivity (Wildman–Crippen MR) is 66.3 cm³/mol. The Labute approximate surface area is 98.6 Å². The van der Waals surface area contributed by atoms with Crippen molar-refractivity contribution in [2.75, 3.05) is 20.1 Å². The molecule has 0 heterocycles. The first-order valence-electron chi connectivity index (χ1n) is 6.41. The highest BCUT2D eigenvalue weighted by Gasteiger charge is 2.31. The van der Waals surface area contributed by atoms with Crippen molar-refractivity contribution in [3.63, 3.8) is 0 Å². The van der Waals surface area contributed by atoms with E-state index in [0.29, 0.717) is 18.5 Å². The maximum absolute atomic E-state index is 11.8. The van der Waals surface area contributed by atoms with Crippen LogP contribution in [0.2, 0.25) is 0 Å². The van der Waals surface area contributed by atoms with Gasteiger partial charge in [0.2, 0.25) is 0 Å². The molecule has 16 heavy (non-hydrogen) atoms. The molecule has 0 radical (unpaired) electrons. The molecule has 0 bridgehead atoms. The molecule has 2 amide bonds. The molecule has 0 aromatic carbocycles. The van der Waals surface area contributed by atoms with Crippen LogP contribution in [0, 0.1) is 5.92 Å². The van der Waals surface area contributed by atoms with Crippen molar-refractivity contribution in [2.45, 2.75) is 45.1 Å². The second-order valence-corrected chi connectivity index (χ2v) is 4.69. The van der Waals surface area contributed by atoms with E-state index in [9.17, 15) is 4.79 Å². The van der Waals surface area contributed by atoms with Gasteiger partial charge in [-0.2, -0.15) is 0 Å². The van der Waals surface area contributed by atoms with E-state index in [2.05, 4.69) is 12.2 Å². The molecule has 0 saturated heterocycles. The van der Waals surface area contributed by atoms with Crippen LogP contribution in [0.3, 0.4) is 0 Å². The normalized spacial score (nSPS) is 24.4. The fourth-order valence-corrected chi connectivity index (χ4v) is 2.45. The van der Waals surface area contributed by atoms with Crippen LogP contribution < -0.4 is 11.1 Å². The smallest absolute Gasteiger partial charge is 0.317 e. The summed E-state index contributed by atoms with van der Waals surface area (Å²) in [5, 5.41) is 2.95. The van der Waals surface area contributed by atoms with Gasteiger partial charge in [-0.3, -0.25) is 0 Å². The standard InChI is InChI=1S/C12H25N3O/c1-3-4-8-14-12(16)15(2)11-7-5-6-10(11)9-13/h10-11H,3-9,13H2,1-2H3,(H,14,16). The van der Waals surface area contributed by atoms with E-state index in [1.165, 1.54) is 6.42 Å². The minimum Gasteiger partial charge on any atom is -0.338 e. The summed E-state index contributed by atoms with van der Waals surface area (Å²) in [6.45, 7) is 3.59. The lowest BCUT2D eigenvalue weighted by atomic mass is 10.0. The van der Waals surface area contributed by atoms with Crippen LogP contribution in [0.15, 0.2) is 0 Å². The van der Waals surface area contributed by atoms with E-state index in [1.54, 1.807) is 0 Å². The number of carbonyl (C=O) groups is 1. The molecule has 1 aliphatic carbocycles. The Kier molecular flexibility index (Phi) is 5.60. The van der Waals surface area contributed by atoms with Crippen LogP contribution in [-0.2, 0) is 0 Å². The molecule has 0 aliphatic heterocycles. The van der Waals surface area contributed by atoms with Crippen LogP contribution in [-0.4, -0.2) is 37.1 Å². The lowest BCUT2D eigenvalue weighted by Crippen LogP contribution is -2.46. The van der Waals surface area contributed by atoms with Gasteiger partial charge in [-0.25, -0.2) is 4.79 Å². The first-order chi connectivity index (χ1) is 7.70. The molecule has 3 N–H and O–H groups in total. The van der Waals surface area contributed by atoms with Crippen LogP contribution in [0.4, 0.5) is 4.79 Å². The Bertz CT molecular complexity index is 220. The van der Waals surface area contributed by atoms with Crippen LogP contribution in [0.25, 0.3) is 0 Å². The van der Waals surface area contributed by atoms with Gasteiger partial charge >= 0.3 is 6.03 Å². The van der Waals surface area contributed by atoms with Crippen LogP contribution in [0.5, 0.6) is 0 Å². The van der Waals surface area contributed by atoms with Gasteiger partial charge in [0, 0.05) is 19.6 Å². The maximum atomic E-state index is 11.8. The van der Waals surface area contributed by atoms with E-state index in [4.69, 9.17) is 5.73 Å². The van der Waals surface area contributed by atoms with Crippen LogP contribution >= 0.6 is 0 Å². The fraction of sp³-hybridized carbons (Fsp3) is 0.917. The molecule has 1 fully saturated rings. The summed E-state index contributed by atoms with van der Waals surface area (Å²) in [7, 11) is 1.89. The maximum Gasteiger partial charge on any atom is 0.317 e. The third kappa shape index (κ3) is 3.37. The van der Waals surface area contributed by atoms with Gasteiger partial charge in [0.05, 0.1) is 0 Å². The molecule has 1 aliphatic rings. The minimum absolute atomic E-state index is 0.0544. The SMILES string of the molecule is CCCCNC(=O)N(C)C1CCCC1CN. The number of urea groups is 1. The zero-order valence-corrected chi connectivity index (χ0v) is 10.5. The summed E-state index contributed by atoms with van der Waals surface area (Å²) in [6.07, 6.45) is 5.61. The van der Waals surface area contributed by atoms with Crippen molar-refractivity contribution in [1.29, 1.82) is 0 Å². The first kappa shape index (κ1) is 13.3. The highest BCUT2D eigenvalue weighted by molar-refractivity contribution is 5.74. The first-order valence-corrected chi connectivity index (χ1v) is 6.41. The minimum atomic E-state index is 0.0544.